The molecular formula is C19H21N5O3. The number of ether oxygens (including phenoxy) is 1. The molecule has 140 valence electrons. The number of likely N-dealkylation sites (tertiary alicyclic amines) is 1. The van der Waals surface area contributed by atoms with Gasteiger partial charge in [-0.2, -0.15) is 5.10 Å². The van der Waals surface area contributed by atoms with Crippen LogP contribution in [-0.4, -0.2) is 49.3 Å². The first kappa shape index (κ1) is 16.5. The molecule has 0 unspecified atom stereocenters. The Kier molecular flexibility index (Phi) is 3.76. The normalized spacial score (nSPS) is 19.4. The second kappa shape index (κ2) is 6.17. The largest absolute Gasteiger partial charge is 0.504 e. The maximum absolute atomic E-state index is 12.3. The molecule has 2 aliphatic heterocycles. The summed E-state index contributed by atoms with van der Waals surface area (Å²) in [6.45, 7) is 3.00. The first-order chi connectivity index (χ1) is 13.1. The molecule has 1 spiro atoms. The lowest BCUT2D eigenvalue weighted by Gasteiger charge is -2.43. The minimum atomic E-state index is -0.269. The standard InChI is InChI=1S/C19H21N5O3/c25-15-2-1-6-24-16(26)10-14(21-18(15)24)12-23-7-4-19(5-8-23)17-13(3-9-27-19)11-20-22-17/h1-2,6,10-11,25H,3-5,7-9,12H2,(H,20,22). The molecule has 0 aromatic carbocycles. The van der Waals surface area contributed by atoms with E-state index in [9.17, 15) is 9.90 Å². The molecule has 1 fully saturated rings. The van der Waals surface area contributed by atoms with Gasteiger partial charge in [-0.25, -0.2) is 4.98 Å². The third-order valence-electron chi connectivity index (χ3n) is 5.70. The van der Waals surface area contributed by atoms with Crippen LogP contribution in [0.2, 0.25) is 0 Å². The van der Waals surface area contributed by atoms with Crippen molar-refractivity contribution in [3.8, 4) is 5.75 Å². The topological polar surface area (TPSA) is 95.8 Å². The number of nitrogens with zero attached hydrogens (tertiary/aromatic N) is 4. The van der Waals surface area contributed by atoms with Gasteiger partial charge < -0.3 is 9.84 Å². The molecule has 8 heteroatoms. The Balaban J connectivity index is 1.35. The molecule has 0 aliphatic carbocycles. The Hall–Kier alpha value is -2.71. The van der Waals surface area contributed by atoms with Gasteiger partial charge in [-0.15, -0.1) is 0 Å². The van der Waals surface area contributed by atoms with E-state index in [2.05, 4.69) is 20.1 Å². The van der Waals surface area contributed by atoms with Gasteiger partial charge in [0.05, 0.1) is 24.2 Å². The molecule has 5 rings (SSSR count). The number of nitrogens with one attached hydrogen (secondary N) is 1. The summed E-state index contributed by atoms with van der Waals surface area (Å²) in [5, 5.41) is 17.3. The van der Waals surface area contributed by atoms with Gasteiger partial charge in [0.15, 0.2) is 11.4 Å². The van der Waals surface area contributed by atoms with Gasteiger partial charge in [0.1, 0.15) is 5.60 Å². The molecule has 0 amide bonds. The Morgan fingerprint density at radius 1 is 1.33 bits per heavy atom. The molecule has 3 aromatic heterocycles. The van der Waals surface area contributed by atoms with Gasteiger partial charge in [-0.05, 0) is 37.0 Å². The zero-order chi connectivity index (χ0) is 18.4. The second-order valence-corrected chi connectivity index (χ2v) is 7.31. The van der Waals surface area contributed by atoms with Gasteiger partial charge in [0, 0.05) is 31.9 Å². The highest BCUT2D eigenvalue weighted by atomic mass is 16.5. The maximum Gasteiger partial charge on any atom is 0.258 e. The third-order valence-corrected chi connectivity index (χ3v) is 5.70. The Bertz CT molecular complexity index is 1050. The Morgan fingerprint density at radius 3 is 3.04 bits per heavy atom. The summed E-state index contributed by atoms with van der Waals surface area (Å²) < 4.78 is 7.54. The number of hydrogen-bond acceptors (Lipinski definition) is 6. The minimum absolute atomic E-state index is 0.0106. The maximum atomic E-state index is 12.3. The SMILES string of the molecule is O=c1cc(CN2CCC3(CC2)OCCc2cn[nH]c23)nc2c(O)cccn12. The van der Waals surface area contributed by atoms with Crippen molar-refractivity contribution < 1.29 is 9.84 Å². The number of hydrogen-bond donors (Lipinski definition) is 2. The van der Waals surface area contributed by atoms with Gasteiger partial charge in [0.2, 0.25) is 0 Å². The van der Waals surface area contributed by atoms with Crippen LogP contribution < -0.4 is 5.56 Å². The van der Waals surface area contributed by atoms with E-state index in [0.717, 1.165) is 44.7 Å². The summed E-state index contributed by atoms with van der Waals surface area (Å²) in [5.74, 6) is 0.0106. The van der Waals surface area contributed by atoms with Crippen molar-refractivity contribution in [1.82, 2.24) is 24.5 Å². The van der Waals surface area contributed by atoms with Crippen molar-refractivity contribution in [2.75, 3.05) is 19.7 Å². The van der Waals surface area contributed by atoms with Crippen molar-refractivity contribution in [1.29, 1.82) is 0 Å². The molecule has 27 heavy (non-hydrogen) atoms. The fraction of sp³-hybridized carbons (Fsp3) is 0.421. The first-order valence-corrected chi connectivity index (χ1v) is 9.24. The monoisotopic (exact) mass is 367 g/mol. The average molecular weight is 367 g/mol. The number of aromatic nitrogens is 4. The predicted octanol–water partition coefficient (Wildman–Crippen LogP) is 1.19. The highest BCUT2D eigenvalue weighted by Gasteiger charge is 2.42. The molecule has 0 radical (unpaired) electrons. The molecule has 2 aliphatic rings. The highest BCUT2D eigenvalue weighted by molar-refractivity contribution is 5.52. The smallest absolute Gasteiger partial charge is 0.258 e. The molecule has 0 atom stereocenters. The van der Waals surface area contributed by atoms with E-state index in [4.69, 9.17) is 4.74 Å². The molecule has 1 saturated heterocycles. The average Bonchev–Trinajstić information content (AvgIpc) is 3.15. The fourth-order valence-corrected chi connectivity index (χ4v) is 4.26. The fourth-order valence-electron chi connectivity index (χ4n) is 4.26. The lowest BCUT2D eigenvalue weighted by molar-refractivity contribution is -0.102. The van der Waals surface area contributed by atoms with Crippen LogP contribution in [0.15, 0.2) is 35.4 Å². The lowest BCUT2D eigenvalue weighted by Crippen LogP contribution is -2.46. The van der Waals surface area contributed by atoms with Crippen molar-refractivity contribution in [3.63, 3.8) is 0 Å². The Morgan fingerprint density at radius 2 is 2.19 bits per heavy atom. The van der Waals surface area contributed by atoms with Crippen LogP contribution in [0.4, 0.5) is 0 Å². The van der Waals surface area contributed by atoms with Gasteiger partial charge >= 0.3 is 0 Å². The van der Waals surface area contributed by atoms with Gasteiger partial charge in [-0.3, -0.25) is 19.2 Å². The zero-order valence-electron chi connectivity index (χ0n) is 14.9. The number of fused-ring (bicyclic) bond motifs is 3. The number of pyridine rings is 1. The number of piperidine rings is 1. The summed E-state index contributed by atoms with van der Waals surface area (Å²) in [4.78, 5) is 19.1. The van der Waals surface area contributed by atoms with Gasteiger partial charge in [0.25, 0.3) is 5.56 Å². The highest BCUT2D eigenvalue weighted by Crippen LogP contribution is 2.40. The molecule has 0 saturated carbocycles. The van der Waals surface area contributed by atoms with Crippen LogP contribution in [0.5, 0.6) is 5.75 Å². The van der Waals surface area contributed by atoms with E-state index in [1.54, 1.807) is 24.4 Å². The van der Waals surface area contributed by atoms with Crippen LogP contribution in [0.3, 0.4) is 0 Å². The van der Waals surface area contributed by atoms with Crippen LogP contribution in [-0.2, 0) is 23.3 Å². The van der Waals surface area contributed by atoms with E-state index in [0.29, 0.717) is 17.9 Å². The van der Waals surface area contributed by atoms with Gasteiger partial charge in [-0.1, -0.05) is 0 Å². The van der Waals surface area contributed by atoms with Crippen LogP contribution in [0, 0.1) is 0 Å². The van der Waals surface area contributed by atoms with E-state index >= 15 is 0 Å². The Labute approximate surface area is 155 Å². The minimum Gasteiger partial charge on any atom is -0.504 e. The summed E-state index contributed by atoms with van der Waals surface area (Å²) in [5.41, 5.74) is 2.90. The van der Waals surface area contributed by atoms with Crippen molar-refractivity contribution in [2.45, 2.75) is 31.4 Å². The van der Waals surface area contributed by atoms with Crippen molar-refractivity contribution in [2.24, 2.45) is 0 Å². The number of H-pyrrole nitrogens is 1. The van der Waals surface area contributed by atoms with E-state index in [-0.39, 0.29) is 16.9 Å². The molecule has 8 nitrogen and oxygen atoms in total. The first-order valence-electron chi connectivity index (χ1n) is 9.24. The number of rotatable bonds is 2. The van der Waals surface area contributed by atoms with Crippen LogP contribution >= 0.6 is 0 Å². The quantitative estimate of drug-likeness (QED) is 0.706. The van der Waals surface area contributed by atoms with E-state index in [1.807, 2.05) is 6.20 Å². The third kappa shape index (κ3) is 2.72. The summed E-state index contributed by atoms with van der Waals surface area (Å²) in [6, 6.07) is 4.71. The van der Waals surface area contributed by atoms with Crippen LogP contribution in [0.1, 0.15) is 29.8 Å². The second-order valence-electron chi connectivity index (χ2n) is 7.31. The molecule has 3 aromatic rings. The predicted molar refractivity (Wildman–Crippen MR) is 97.6 cm³/mol. The number of aromatic hydroxyl groups is 1. The summed E-state index contributed by atoms with van der Waals surface area (Å²) >= 11 is 0. The van der Waals surface area contributed by atoms with Crippen LogP contribution in [0.25, 0.3) is 5.65 Å². The summed E-state index contributed by atoms with van der Waals surface area (Å²) in [7, 11) is 0. The van der Waals surface area contributed by atoms with E-state index in [1.165, 1.54) is 9.96 Å². The summed E-state index contributed by atoms with van der Waals surface area (Å²) in [6.07, 6.45) is 6.18. The molecule has 0 bridgehead atoms. The number of aromatic amines is 1. The molecule has 5 heterocycles. The van der Waals surface area contributed by atoms with Crippen molar-refractivity contribution >= 4 is 5.65 Å². The molecule has 2 N–H and O–H groups in total. The van der Waals surface area contributed by atoms with Crippen molar-refractivity contribution in [3.05, 3.63) is 57.9 Å². The lowest BCUT2D eigenvalue weighted by atomic mass is 9.84. The zero-order valence-corrected chi connectivity index (χ0v) is 14.9. The molecular weight excluding hydrogens is 346 g/mol. The van der Waals surface area contributed by atoms with E-state index < -0.39 is 0 Å².